The van der Waals surface area contributed by atoms with Gasteiger partial charge in [-0.2, -0.15) is 0 Å². The van der Waals surface area contributed by atoms with Crippen molar-refractivity contribution in [3.05, 3.63) is 24.3 Å². The fourth-order valence-electron chi connectivity index (χ4n) is 8.97. The van der Waals surface area contributed by atoms with Crippen LogP contribution in [0.4, 0.5) is 0 Å². The van der Waals surface area contributed by atoms with Gasteiger partial charge >= 0.3 is 11.9 Å². The van der Waals surface area contributed by atoms with E-state index in [1.165, 1.54) is 128 Å². The van der Waals surface area contributed by atoms with E-state index in [2.05, 4.69) is 38.2 Å². The summed E-state index contributed by atoms with van der Waals surface area (Å²) >= 11 is 0. The van der Waals surface area contributed by atoms with Crippen LogP contribution < -0.4 is 0 Å². The highest BCUT2D eigenvalue weighted by Crippen LogP contribution is 2.27. The Balaban J connectivity index is 1.76. The molecule has 71 heavy (non-hydrogen) atoms. The third-order valence-electron chi connectivity index (χ3n) is 13.7. The van der Waals surface area contributed by atoms with Crippen LogP contribution in [0, 0.1) is 0 Å². The molecule has 2 heterocycles. The number of esters is 2. The standard InChI is InChI=1S/C56H102O15/c1-3-5-7-9-11-13-15-17-19-20-21-22-23-24-25-27-29-31-33-35-37-39-48(59)69-44(41-66-47(58)38-36-34-32-30-28-26-18-16-14-12-10-8-6-4-2)42-67-55-54(65)52(63)50(61)46(71-55)43-68-56-53(64)51(62)49(60)45(40-57)70-56/h16-19,44-46,49-57,60-65H,3-15,20-43H2,1-2H3/b18-16+,19-17+/t44-,45+,46+,49-,50-,51?,52?,53?,54?,55+,56+/m1/s1. The smallest absolute Gasteiger partial charge is 0.306 e. The van der Waals surface area contributed by atoms with Gasteiger partial charge in [0.25, 0.3) is 0 Å². The lowest BCUT2D eigenvalue weighted by Crippen LogP contribution is -2.61. The van der Waals surface area contributed by atoms with Crippen molar-refractivity contribution in [3.8, 4) is 0 Å². The highest BCUT2D eigenvalue weighted by molar-refractivity contribution is 5.70. The Kier molecular flexibility index (Phi) is 39.6. The number of aliphatic hydroxyl groups is 7. The average Bonchev–Trinajstić information content (AvgIpc) is 3.36. The lowest BCUT2D eigenvalue weighted by molar-refractivity contribution is -0.332. The van der Waals surface area contributed by atoms with Crippen molar-refractivity contribution in [1.29, 1.82) is 0 Å². The van der Waals surface area contributed by atoms with Gasteiger partial charge in [0.15, 0.2) is 18.7 Å². The van der Waals surface area contributed by atoms with E-state index >= 15 is 0 Å². The van der Waals surface area contributed by atoms with Crippen LogP contribution in [0.25, 0.3) is 0 Å². The molecule has 2 fully saturated rings. The third-order valence-corrected chi connectivity index (χ3v) is 13.7. The minimum absolute atomic E-state index is 0.165. The van der Waals surface area contributed by atoms with E-state index in [1.54, 1.807) is 0 Å². The molecule has 0 spiro atoms. The van der Waals surface area contributed by atoms with Crippen molar-refractivity contribution >= 4 is 11.9 Å². The Morgan fingerprint density at radius 1 is 0.437 bits per heavy atom. The zero-order valence-electron chi connectivity index (χ0n) is 44.2. The second-order valence-electron chi connectivity index (χ2n) is 20.1. The number of hydrogen-bond acceptors (Lipinski definition) is 15. The minimum atomic E-state index is -1.76. The van der Waals surface area contributed by atoms with Crippen LogP contribution >= 0.6 is 0 Å². The van der Waals surface area contributed by atoms with Crippen molar-refractivity contribution in [1.82, 2.24) is 0 Å². The molecule has 0 aliphatic carbocycles. The second kappa shape index (κ2) is 43.2. The molecule has 2 aliphatic rings. The molecule has 11 atom stereocenters. The molecule has 15 nitrogen and oxygen atoms in total. The van der Waals surface area contributed by atoms with Crippen molar-refractivity contribution in [3.63, 3.8) is 0 Å². The van der Waals surface area contributed by atoms with Crippen LogP contribution in [0.2, 0.25) is 0 Å². The Bertz CT molecular complexity index is 1330. The quantitative estimate of drug-likeness (QED) is 0.0171. The summed E-state index contributed by atoms with van der Waals surface area (Å²) in [6.45, 7) is 2.60. The average molecular weight is 1020 g/mol. The number of carbonyl (C=O) groups is 2. The minimum Gasteiger partial charge on any atom is -0.462 e. The molecule has 0 aromatic carbocycles. The van der Waals surface area contributed by atoms with Gasteiger partial charge in [0.2, 0.25) is 0 Å². The molecule has 0 radical (unpaired) electrons. The fourth-order valence-corrected chi connectivity index (χ4v) is 8.97. The van der Waals surface area contributed by atoms with E-state index in [-0.39, 0.29) is 26.1 Å². The normalized spacial score (nSPS) is 25.3. The SMILES string of the molecule is CCCCCCC/C=C/CCCCCCCC(=O)OC[C@H](CO[C@H]1O[C@@H](CO[C@H]2O[C@@H](CO)[C@@H](O)C(O)C2O)[C@@H](O)C(O)C1O)OC(=O)CCCCCCCCCCCCC/C=C/CCCCCCCC. The summed E-state index contributed by atoms with van der Waals surface area (Å²) in [6.07, 6.45) is 29.1. The molecular formula is C56H102O15. The lowest BCUT2D eigenvalue weighted by Gasteiger charge is -2.42. The van der Waals surface area contributed by atoms with Gasteiger partial charge in [0, 0.05) is 12.8 Å². The van der Waals surface area contributed by atoms with Gasteiger partial charge in [0.05, 0.1) is 19.8 Å². The zero-order valence-corrected chi connectivity index (χ0v) is 44.2. The summed E-state index contributed by atoms with van der Waals surface area (Å²) < 4.78 is 33.7. The zero-order chi connectivity index (χ0) is 51.7. The maximum absolute atomic E-state index is 13.1. The molecule has 0 aromatic heterocycles. The summed E-state index contributed by atoms with van der Waals surface area (Å²) in [5.41, 5.74) is 0. The van der Waals surface area contributed by atoms with E-state index in [0.717, 1.165) is 57.8 Å². The summed E-state index contributed by atoms with van der Waals surface area (Å²) in [5, 5.41) is 72.2. The van der Waals surface area contributed by atoms with E-state index in [9.17, 15) is 45.3 Å². The highest BCUT2D eigenvalue weighted by Gasteiger charge is 2.47. The first-order valence-electron chi connectivity index (χ1n) is 28.4. The van der Waals surface area contributed by atoms with Gasteiger partial charge in [-0.15, -0.1) is 0 Å². The molecule has 2 rings (SSSR count). The number of rotatable bonds is 45. The van der Waals surface area contributed by atoms with Gasteiger partial charge < -0.3 is 64.2 Å². The van der Waals surface area contributed by atoms with Crippen molar-refractivity contribution in [2.75, 3.05) is 26.4 Å². The second-order valence-corrected chi connectivity index (χ2v) is 20.1. The molecule has 2 aliphatic heterocycles. The largest absolute Gasteiger partial charge is 0.462 e. The van der Waals surface area contributed by atoms with E-state index in [0.29, 0.717) is 12.8 Å². The molecular weight excluding hydrogens is 913 g/mol. The number of hydrogen-bond donors (Lipinski definition) is 7. The lowest BCUT2D eigenvalue weighted by atomic mass is 9.98. The van der Waals surface area contributed by atoms with E-state index in [1.807, 2.05) is 0 Å². The number of aliphatic hydroxyl groups excluding tert-OH is 7. The van der Waals surface area contributed by atoms with Crippen LogP contribution in [-0.2, 0) is 38.0 Å². The number of carbonyl (C=O) groups excluding carboxylic acids is 2. The molecule has 0 amide bonds. The van der Waals surface area contributed by atoms with Gasteiger partial charge in [-0.3, -0.25) is 9.59 Å². The molecule has 416 valence electrons. The third kappa shape index (κ3) is 30.8. The molecule has 7 N–H and O–H groups in total. The van der Waals surface area contributed by atoms with Gasteiger partial charge in [-0.1, -0.05) is 173 Å². The van der Waals surface area contributed by atoms with Crippen molar-refractivity contribution in [2.45, 2.75) is 293 Å². The number of ether oxygens (including phenoxy) is 6. The first kappa shape index (κ1) is 65.1. The van der Waals surface area contributed by atoms with Crippen LogP contribution in [0.5, 0.6) is 0 Å². The van der Waals surface area contributed by atoms with Gasteiger partial charge in [0.1, 0.15) is 55.4 Å². The molecule has 4 unspecified atom stereocenters. The first-order valence-corrected chi connectivity index (χ1v) is 28.4. The Morgan fingerprint density at radius 2 is 0.803 bits per heavy atom. The Labute approximate surface area is 428 Å². The van der Waals surface area contributed by atoms with Gasteiger partial charge in [-0.25, -0.2) is 0 Å². The molecule has 2 saturated heterocycles. The molecule has 0 saturated carbocycles. The topological polar surface area (TPSA) is 231 Å². The maximum Gasteiger partial charge on any atom is 0.306 e. The monoisotopic (exact) mass is 1010 g/mol. The summed E-state index contributed by atoms with van der Waals surface area (Å²) in [7, 11) is 0. The fraction of sp³-hybridized carbons (Fsp3) is 0.893. The predicted octanol–water partition coefficient (Wildman–Crippen LogP) is 9.11. The summed E-state index contributed by atoms with van der Waals surface area (Å²) in [4.78, 5) is 25.8. The van der Waals surface area contributed by atoms with E-state index < -0.39 is 92.7 Å². The van der Waals surface area contributed by atoms with E-state index in [4.69, 9.17) is 28.4 Å². The predicted molar refractivity (Wildman–Crippen MR) is 275 cm³/mol. The van der Waals surface area contributed by atoms with Crippen molar-refractivity contribution < 1.29 is 73.8 Å². The molecule has 0 aromatic rings. The van der Waals surface area contributed by atoms with Crippen LogP contribution in [0.3, 0.4) is 0 Å². The van der Waals surface area contributed by atoms with Crippen LogP contribution in [0.1, 0.15) is 226 Å². The summed E-state index contributed by atoms with van der Waals surface area (Å²) in [5.74, 6) is -0.927. The van der Waals surface area contributed by atoms with Crippen LogP contribution in [-0.4, -0.2) is 142 Å². The van der Waals surface area contributed by atoms with Gasteiger partial charge in [-0.05, 0) is 64.2 Å². The van der Waals surface area contributed by atoms with Crippen molar-refractivity contribution in [2.24, 2.45) is 0 Å². The number of allylic oxidation sites excluding steroid dienone is 4. The molecule has 15 heteroatoms. The Morgan fingerprint density at radius 3 is 1.24 bits per heavy atom. The highest BCUT2D eigenvalue weighted by atomic mass is 16.7. The van der Waals surface area contributed by atoms with Crippen LogP contribution in [0.15, 0.2) is 24.3 Å². The molecule has 0 bridgehead atoms. The number of unbranched alkanes of at least 4 members (excludes halogenated alkanes) is 27. The summed E-state index contributed by atoms with van der Waals surface area (Å²) in [6, 6.07) is 0. The Hall–Kier alpha value is -2.02. The maximum atomic E-state index is 13.1. The first-order chi connectivity index (χ1) is 34.5.